The number of fused-ring (bicyclic) bond motifs is 1. The van der Waals surface area contributed by atoms with E-state index in [0.717, 1.165) is 41.9 Å². The van der Waals surface area contributed by atoms with E-state index < -0.39 is 0 Å². The first-order chi connectivity index (χ1) is 11.4. The second-order valence-electron chi connectivity index (χ2n) is 7.22. The number of amides is 1. The molecular formula is C18H29Cl2N5O. The molecule has 1 amide bonds. The summed E-state index contributed by atoms with van der Waals surface area (Å²) in [6.07, 6.45) is 1.78. The van der Waals surface area contributed by atoms with Gasteiger partial charge in [0.15, 0.2) is 5.65 Å². The molecular weight excluding hydrogens is 373 g/mol. The van der Waals surface area contributed by atoms with Crippen LogP contribution in [-0.2, 0) is 0 Å². The molecule has 1 aliphatic heterocycles. The summed E-state index contributed by atoms with van der Waals surface area (Å²) in [4.78, 5) is 20.0. The third-order valence-corrected chi connectivity index (χ3v) is 4.66. The van der Waals surface area contributed by atoms with Crippen LogP contribution in [0.3, 0.4) is 0 Å². The smallest absolute Gasteiger partial charge is 0.255 e. The standard InChI is InChI=1S/C18H27N5O.2ClH/c1-11(2)16-8-14(18(24)22-7-6-19-9-13(22)5)15-10-20-23(12(3)4)17(15)21-16;;/h8,10-13,19H,6-7,9H2,1-5H3;2*1H/t13-;;/m0../s1. The van der Waals surface area contributed by atoms with E-state index in [1.807, 2.05) is 15.6 Å². The normalized spacial score (nSPS) is 17.3. The first-order valence-corrected chi connectivity index (χ1v) is 8.80. The molecule has 1 fully saturated rings. The fraction of sp³-hybridized carbons (Fsp3) is 0.611. The molecule has 1 N–H and O–H groups in total. The van der Waals surface area contributed by atoms with E-state index in [4.69, 9.17) is 4.98 Å². The molecule has 1 saturated heterocycles. The second kappa shape index (κ2) is 9.02. The third kappa shape index (κ3) is 4.13. The van der Waals surface area contributed by atoms with E-state index in [-0.39, 0.29) is 48.7 Å². The van der Waals surface area contributed by atoms with Gasteiger partial charge in [-0.05, 0) is 32.8 Å². The fourth-order valence-electron chi connectivity index (χ4n) is 3.19. The van der Waals surface area contributed by atoms with Crippen molar-refractivity contribution in [1.82, 2.24) is 25.0 Å². The largest absolute Gasteiger partial charge is 0.333 e. The molecule has 0 unspecified atom stereocenters. The molecule has 3 heterocycles. The number of carbonyl (C=O) groups excluding carboxylic acids is 1. The highest BCUT2D eigenvalue weighted by molar-refractivity contribution is 6.05. The number of carbonyl (C=O) groups is 1. The van der Waals surface area contributed by atoms with Gasteiger partial charge in [0.05, 0.1) is 17.1 Å². The Morgan fingerprint density at radius 2 is 1.96 bits per heavy atom. The molecule has 3 rings (SSSR count). The zero-order valence-corrected chi connectivity index (χ0v) is 17.7. The minimum atomic E-state index is 0. The van der Waals surface area contributed by atoms with Crippen molar-refractivity contribution >= 4 is 41.8 Å². The summed E-state index contributed by atoms with van der Waals surface area (Å²) < 4.78 is 1.90. The molecule has 0 bridgehead atoms. The monoisotopic (exact) mass is 401 g/mol. The van der Waals surface area contributed by atoms with Crippen molar-refractivity contribution < 1.29 is 4.79 Å². The summed E-state index contributed by atoms with van der Waals surface area (Å²) in [5.74, 6) is 0.346. The van der Waals surface area contributed by atoms with E-state index in [1.54, 1.807) is 6.20 Å². The highest BCUT2D eigenvalue weighted by Crippen LogP contribution is 2.26. The molecule has 0 saturated carbocycles. The topological polar surface area (TPSA) is 63.1 Å². The zero-order valence-electron chi connectivity index (χ0n) is 16.0. The maximum Gasteiger partial charge on any atom is 0.255 e. The van der Waals surface area contributed by atoms with Gasteiger partial charge >= 0.3 is 0 Å². The average molecular weight is 402 g/mol. The number of pyridine rings is 1. The molecule has 146 valence electrons. The Morgan fingerprint density at radius 1 is 1.27 bits per heavy atom. The van der Waals surface area contributed by atoms with Crippen molar-refractivity contribution in [2.45, 2.75) is 52.6 Å². The van der Waals surface area contributed by atoms with Crippen LogP contribution in [0.4, 0.5) is 0 Å². The number of rotatable bonds is 3. The molecule has 1 aliphatic rings. The average Bonchev–Trinajstić information content (AvgIpc) is 2.97. The van der Waals surface area contributed by atoms with Crippen molar-refractivity contribution in [3.8, 4) is 0 Å². The van der Waals surface area contributed by atoms with Crippen molar-refractivity contribution in [3.05, 3.63) is 23.5 Å². The summed E-state index contributed by atoms with van der Waals surface area (Å²) in [6.45, 7) is 12.9. The number of hydrogen-bond acceptors (Lipinski definition) is 4. The summed E-state index contributed by atoms with van der Waals surface area (Å²) in [6, 6.07) is 2.35. The first kappa shape index (κ1) is 22.7. The molecule has 0 aromatic carbocycles. The molecule has 8 heteroatoms. The van der Waals surface area contributed by atoms with Gasteiger partial charge < -0.3 is 10.2 Å². The molecule has 6 nitrogen and oxygen atoms in total. The summed E-state index contributed by atoms with van der Waals surface area (Å²) in [5.41, 5.74) is 2.47. The zero-order chi connectivity index (χ0) is 17.4. The van der Waals surface area contributed by atoms with Crippen LogP contribution < -0.4 is 5.32 Å². The lowest BCUT2D eigenvalue weighted by Crippen LogP contribution is -2.52. The minimum Gasteiger partial charge on any atom is -0.333 e. The number of hydrogen-bond donors (Lipinski definition) is 1. The summed E-state index contributed by atoms with van der Waals surface area (Å²) in [5, 5.41) is 8.66. The van der Waals surface area contributed by atoms with Crippen LogP contribution in [0.2, 0.25) is 0 Å². The van der Waals surface area contributed by atoms with Crippen molar-refractivity contribution in [3.63, 3.8) is 0 Å². The van der Waals surface area contributed by atoms with Crippen molar-refractivity contribution in [2.75, 3.05) is 19.6 Å². The van der Waals surface area contributed by atoms with Gasteiger partial charge in [-0.15, -0.1) is 24.8 Å². The van der Waals surface area contributed by atoms with Crippen LogP contribution in [0.25, 0.3) is 11.0 Å². The molecule has 2 aromatic rings. The van der Waals surface area contributed by atoms with Gasteiger partial charge in [-0.3, -0.25) is 4.79 Å². The van der Waals surface area contributed by atoms with E-state index in [1.165, 1.54) is 0 Å². The SMILES string of the molecule is CC(C)c1cc(C(=O)N2CCNC[C@@H]2C)c2cnn(C(C)C)c2n1.Cl.Cl. The Bertz CT molecular complexity index is 759. The predicted octanol–water partition coefficient (Wildman–Crippen LogP) is 3.41. The highest BCUT2D eigenvalue weighted by Gasteiger charge is 2.27. The predicted molar refractivity (Wildman–Crippen MR) is 110 cm³/mol. The van der Waals surface area contributed by atoms with Crippen LogP contribution in [0.15, 0.2) is 12.3 Å². The van der Waals surface area contributed by atoms with Crippen LogP contribution >= 0.6 is 24.8 Å². The molecule has 1 atom stereocenters. The Labute approximate surface area is 167 Å². The minimum absolute atomic E-state index is 0. The number of piperazine rings is 1. The molecule has 2 aromatic heterocycles. The summed E-state index contributed by atoms with van der Waals surface area (Å²) in [7, 11) is 0. The molecule has 26 heavy (non-hydrogen) atoms. The number of aromatic nitrogens is 3. The van der Waals surface area contributed by atoms with Crippen LogP contribution in [-0.4, -0.2) is 51.2 Å². The van der Waals surface area contributed by atoms with E-state index in [9.17, 15) is 4.79 Å². The summed E-state index contributed by atoms with van der Waals surface area (Å²) >= 11 is 0. The number of halogens is 2. The second-order valence-corrected chi connectivity index (χ2v) is 7.22. The lowest BCUT2D eigenvalue weighted by Gasteiger charge is -2.34. The lowest BCUT2D eigenvalue weighted by atomic mass is 10.0. The van der Waals surface area contributed by atoms with Gasteiger partial charge in [0.25, 0.3) is 5.91 Å². The van der Waals surface area contributed by atoms with Gasteiger partial charge in [0.1, 0.15) is 0 Å². The van der Waals surface area contributed by atoms with Gasteiger partial charge in [0, 0.05) is 37.4 Å². The van der Waals surface area contributed by atoms with Crippen LogP contribution in [0.5, 0.6) is 0 Å². The Kier molecular flexibility index (Phi) is 7.86. The van der Waals surface area contributed by atoms with Gasteiger partial charge in [0.2, 0.25) is 0 Å². The third-order valence-electron chi connectivity index (χ3n) is 4.66. The molecule has 0 spiro atoms. The van der Waals surface area contributed by atoms with Crippen LogP contribution in [0, 0.1) is 0 Å². The van der Waals surface area contributed by atoms with Gasteiger partial charge in [-0.1, -0.05) is 13.8 Å². The molecule has 0 aliphatic carbocycles. The fourth-order valence-corrected chi connectivity index (χ4v) is 3.19. The lowest BCUT2D eigenvalue weighted by molar-refractivity contribution is 0.0657. The Morgan fingerprint density at radius 3 is 2.54 bits per heavy atom. The van der Waals surface area contributed by atoms with Crippen molar-refractivity contribution in [2.24, 2.45) is 0 Å². The Balaban J connectivity index is 0.00000169. The maximum absolute atomic E-state index is 13.2. The van der Waals surface area contributed by atoms with E-state index >= 15 is 0 Å². The highest BCUT2D eigenvalue weighted by atomic mass is 35.5. The van der Waals surface area contributed by atoms with E-state index in [2.05, 4.69) is 45.0 Å². The van der Waals surface area contributed by atoms with Gasteiger partial charge in [-0.25, -0.2) is 9.67 Å². The van der Waals surface area contributed by atoms with Crippen LogP contribution in [0.1, 0.15) is 62.6 Å². The number of nitrogens with one attached hydrogen (secondary N) is 1. The quantitative estimate of drug-likeness (QED) is 0.855. The molecule has 0 radical (unpaired) electrons. The van der Waals surface area contributed by atoms with E-state index in [0.29, 0.717) is 0 Å². The van der Waals surface area contributed by atoms with Gasteiger partial charge in [-0.2, -0.15) is 5.10 Å². The Hall–Kier alpha value is -1.37. The first-order valence-electron chi connectivity index (χ1n) is 8.80. The maximum atomic E-state index is 13.2. The van der Waals surface area contributed by atoms with Crippen molar-refractivity contribution in [1.29, 1.82) is 0 Å². The number of nitrogens with zero attached hydrogens (tertiary/aromatic N) is 4.